The maximum absolute atomic E-state index is 11.6. The SMILES string of the molecule is CC(C)(C)OC(=O)NCCc1ccc(Oc2ccc(N)cc2)cc1. The van der Waals surface area contributed by atoms with Crippen LogP contribution in [0.1, 0.15) is 26.3 Å². The fourth-order valence-electron chi connectivity index (χ4n) is 2.02. The van der Waals surface area contributed by atoms with Crippen LogP contribution in [0.2, 0.25) is 0 Å². The quantitative estimate of drug-likeness (QED) is 0.809. The average Bonchev–Trinajstić information content (AvgIpc) is 2.49. The van der Waals surface area contributed by atoms with E-state index in [-0.39, 0.29) is 0 Å². The molecule has 5 heteroatoms. The van der Waals surface area contributed by atoms with E-state index in [0.29, 0.717) is 12.2 Å². The van der Waals surface area contributed by atoms with E-state index in [4.69, 9.17) is 15.2 Å². The minimum atomic E-state index is -0.481. The maximum atomic E-state index is 11.6. The van der Waals surface area contributed by atoms with E-state index in [2.05, 4.69) is 5.32 Å². The molecule has 0 heterocycles. The molecule has 0 aliphatic rings. The molecule has 0 bridgehead atoms. The molecule has 0 saturated heterocycles. The second-order valence-electron chi connectivity index (χ2n) is 6.49. The minimum absolute atomic E-state index is 0.397. The van der Waals surface area contributed by atoms with Crippen molar-refractivity contribution in [3.63, 3.8) is 0 Å². The van der Waals surface area contributed by atoms with Crippen molar-refractivity contribution in [2.45, 2.75) is 32.8 Å². The number of amides is 1. The molecule has 5 nitrogen and oxygen atoms in total. The molecule has 0 aliphatic heterocycles. The number of carbonyl (C=O) groups is 1. The molecule has 0 atom stereocenters. The minimum Gasteiger partial charge on any atom is -0.457 e. The molecule has 3 N–H and O–H groups in total. The summed E-state index contributed by atoms with van der Waals surface area (Å²) in [7, 11) is 0. The van der Waals surface area contributed by atoms with Gasteiger partial charge in [0.15, 0.2) is 0 Å². The number of nitrogen functional groups attached to an aromatic ring is 1. The van der Waals surface area contributed by atoms with Crippen LogP contribution in [-0.4, -0.2) is 18.2 Å². The number of carbonyl (C=O) groups excluding carboxylic acids is 1. The molecule has 0 unspecified atom stereocenters. The zero-order valence-corrected chi connectivity index (χ0v) is 14.3. The lowest BCUT2D eigenvalue weighted by atomic mass is 10.1. The molecule has 2 aromatic rings. The Morgan fingerprint density at radius 3 is 2.08 bits per heavy atom. The van der Waals surface area contributed by atoms with E-state index in [1.807, 2.05) is 57.2 Å². The first-order valence-corrected chi connectivity index (χ1v) is 7.91. The van der Waals surface area contributed by atoms with E-state index in [9.17, 15) is 4.79 Å². The lowest BCUT2D eigenvalue weighted by molar-refractivity contribution is 0.0528. The molecule has 2 rings (SSSR count). The van der Waals surface area contributed by atoms with E-state index in [1.165, 1.54) is 0 Å². The Labute approximate surface area is 142 Å². The Balaban J connectivity index is 1.79. The number of alkyl carbamates (subject to hydrolysis) is 1. The van der Waals surface area contributed by atoms with Crippen molar-refractivity contribution in [1.29, 1.82) is 0 Å². The van der Waals surface area contributed by atoms with E-state index in [0.717, 1.165) is 23.5 Å². The van der Waals surface area contributed by atoms with Gasteiger partial charge in [-0.15, -0.1) is 0 Å². The fraction of sp³-hybridized carbons (Fsp3) is 0.316. The number of hydrogen-bond donors (Lipinski definition) is 2. The molecular weight excluding hydrogens is 304 g/mol. The highest BCUT2D eigenvalue weighted by atomic mass is 16.6. The Kier molecular flexibility index (Phi) is 5.68. The van der Waals surface area contributed by atoms with Gasteiger partial charge in [0, 0.05) is 12.2 Å². The summed E-state index contributed by atoms with van der Waals surface area (Å²) in [5.41, 5.74) is 6.98. The lowest BCUT2D eigenvalue weighted by Gasteiger charge is -2.19. The number of nitrogens with two attached hydrogens (primary N) is 1. The van der Waals surface area contributed by atoms with Crippen LogP contribution in [0.5, 0.6) is 11.5 Å². The first-order valence-electron chi connectivity index (χ1n) is 7.91. The van der Waals surface area contributed by atoms with Crippen molar-refractivity contribution < 1.29 is 14.3 Å². The van der Waals surface area contributed by atoms with Gasteiger partial charge in [-0.05, 0) is 69.2 Å². The summed E-state index contributed by atoms with van der Waals surface area (Å²) in [6, 6.07) is 15.0. The smallest absolute Gasteiger partial charge is 0.407 e. The molecule has 24 heavy (non-hydrogen) atoms. The molecule has 0 aliphatic carbocycles. The van der Waals surface area contributed by atoms with E-state index in [1.54, 1.807) is 12.1 Å². The monoisotopic (exact) mass is 328 g/mol. The van der Waals surface area contributed by atoms with Gasteiger partial charge in [-0.1, -0.05) is 12.1 Å². The lowest BCUT2D eigenvalue weighted by Crippen LogP contribution is -2.33. The number of nitrogens with one attached hydrogen (secondary N) is 1. The van der Waals surface area contributed by atoms with E-state index < -0.39 is 11.7 Å². The van der Waals surface area contributed by atoms with Crippen molar-refractivity contribution in [1.82, 2.24) is 5.32 Å². The van der Waals surface area contributed by atoms with Crippen LogP contribution < -0.4 is 15.8 Å². The Morgan fingerprint density at radius 2 is 1.54 bits per heavy atom. The number of benzene rings is 2. The summed E-state index contributed by atoms with van der Waals surface area (Å²) in [4.78, 5) is 11.6. The van der Waals surface area contributed by atoms with Gasteiger partial charge in [-0.25, -0.2) is 4.79 Å². The predicted molar refractivity (Wildman–Crippen MR) is 95.3 cm³/mol. The third-order valence-electron chi connectivity index (χ3n) is 3.12. The Morgan fingerprint density at radius 1 is 1.00 bits per heavy atom. The van der Waals surface area contributed by atoms with Crippen molar-refractivity contribution in [2.24, 2.45) is 0 Å². The van der Waals surface area contributed by atoms with Gasteiger partial charge in [0.2, 0.25) is 0 Å². The molecule has 0 spiro atoms. The third-order valence-corrected chi connectivity index (χ3v) is 3.12. The number of ether oxygens (including phenoxy) is 2. The predicted octanol–water partition coefficient (Wildman–Crippen LogP) is 4.13. The van der Waals surface area contributed by atoms with Crippen molar-refractivity contribution in [2.75, 3.05) is 12.3 Å². The summed E-state index contributed by atoms with van der Waals surface area (Å²) >= 11 is 0. The highest BCUT2D eigenvalue weighted by Crippen LogP contribution is 2.22. The third kappa shape index (κ3) is 6.20. The Hall–Kier alpha value is -2.69. The van der Waals surface area contributed by atoms with Crippen LogP contribution >= 0.6 is 0 Å². The normalized spacial score (nSPS) is 11.0. The topological polar surface area (TPSA) is 73.6 Å². The number of anilines is 1. The van der Waals surface area contributed by atoms with Crippen LogP contribution in [0.3, 0.4) is 0 Å². The summed E-state index contributed by atoms with van der Waals surface area (Å²) in [6.45, 7) is 6.04. The maximum Gasteiger partial charge on any atom is 0.407 e. The second-order valence-corrected chi connectivity index (χ2v) is 6.49. The van der Waals surface area contributed by atoms with Crippen LogP contribution in [-0.2, 0) is 11.2 Å². The van der Waals surface area contributed by atoms with Crippen molar-refractivity contribution >= 4 is 11.8 Å². The summed E-state index contributed by atoms with van der Waals surface area (Å²) in [6.07, 6.45) is 0.326. The molecule has 0 saturated carbocycles. The average molecular weight is 328 g/mol. The van der Waals surface area contributed by atoms with E-state index >= 15 is 0 Å². The standard InChI is InChI=1S/C19H24N2O3/c1-19(2,3)24-18(22)21-13-12-14-4-8-16(9-5-14)23-17-10-6-15(20)7-11-17/h4-11H,12-13,20H2,1-3H3,(H,21,22). The second kappa shape index (κ2) is 7.73. The molecule has 1 amide bonds. The van der Waals surface area contributed by atoms with Crippen molar-refractivity contribution in [3.8, 4) is 11.5 Å². The number of rotatable bonds is 5. The molecule has 128 valence electrons. The number of hydrogen-bond acceptors (Lipinski definition) is 4. The van der Waals surface area contributed by atoms with Crippen LogP contribution in [0.4, 0.5) is 10.5 Å². The molecular formula is C19H24N2O3. The van der Waals surface area contributed by atoms with Gasteiger partial charge in [0.25, 0.3) is 0 Å². The molecule has 0 radical (unpaired) electrons. The first-order chi connectivity index (χ1) is 11.3. The highest BCUT2D eigenvalue weighted by Gasteiger charge is 2.15. The van der Waals surface area contributed by atoms with Gasteiger partial charge in [-0.2, -0.15) is 0 Å². The van der Waals surface area contributed by atoms with Gasteiger partial charge >= 0.3 is 6.09 Å². The zero-order valence-electron chi connectivity index (χ0n) is 14.3. The van der Waals surface area contributed by atoms with Crippen molar-refractivity contribution in [3.05, 3.63) is 54.1 Å². The molecule has 0 aromatic heterocycles. The fourth-order valence-corrected chi connectivity index (χ4v) is 2.02. The van der Waals surface area contributed by atoms with Gasteiger partial charge in [0.1, 0.15) is 17.1 Å². The van der Waals surface area contributed by atoms with Gasteiger partial charge in [0.05, 0.1) is 0 Å². The first kappa shape index (κ1) is 17.7. The Bertz CT molecular complexity index is 659. The van der Waals surface area contributed by atoms with Crippen LogP contribution in [0.15, 0.2) is 48.5 Å². The summed E-state index contributed by atoms with van der Waals surface area (Å²) in [5.74, 6) is 1.49. The van der Waals surface area contributed by atoms with Gasteiger partial charge < -0.3 is 20.5 Å². The zero-order chi connectivity index (χ0) is 17.6. The largest absolute Gasteiger partial charge is 0.457 e. The van der Waals surface area contributed by atoms with Gasteiger partial charge in [-0.3, -0.25) is 0 Å². The summed E-state index contributed by atoms with van der Waals surface area (Å²) in [5, 5.41) is 2.74. The molecule has 0 fully saturated rings. The van der Waals surface area contributed by atoms with Crippen LogP contribution in [0.25, 0.3) is 0 Å². The molecule has 2 aromatic carbocycles. The van der Waals surface area contributed by atoms with Crippen LogP contribution in [0, 0.1) is 0 Å². The highest BCUT2D eigenvalue weighted by molar-refractivity contribution is 5.67. The summed E-state index contributed by atoms with van der Waals surface area (Å²) < 4.78 is 10.9.